The first kappa shape index (κ1) is 14.6. The van der Waals surface area contributed by atoms with Gasteiger partial charge in [0.25, 0.3) is 0 Å². The molecule has 0 amide bonds. The minimum atomic E-state index is -0.864. The molecule has 0 fully saturated rings. The van der Waals surface area contributed by atoms with Crippen LogP contribution in [-0.2, 0) is 18.4 Å². The zero-order chi connectivity index (χ0) is 14.7. The van der Waals surface area contributed by atoms with Gasteiger partial charge in [0.15, 0.2) is 11.0 Å². The van der Waals surface area contributed by atoms with Gasteiger partial charge in [0.1, 0.15) is 0 Å². The molecular weight excluding hydrogens is 278 g/mol. The van der Waals surface area contributed by atoms with E-state index >= 15 is 0 Å². The number of carbonyl (C=O) groups is 1. The number of aromatic nitrogens is 5. The van der Waals surface area contributed by atoms with Gasteiger partial charge < -0.3 is 9.67 Å². The van der Waals surface area contributed by atoms with E-state index in [4.69, 9.17) is 5.11 Å². The van der Waals surface area contributed by atoms with Crippen molar-refractivity contribution in [1.29, 1.82) is 0 Å². The molecule has 0 atom stereocenters. The van der Waals surface area contributed by atoms with Crippen LogP contribution in [0.4, 0.5) is 0 Å². The normalized spacial score (nSPS) is 11.2. The van der Waals surface area contributed by atoms with Gasteiger partial charge in [-0.1, -0.05) is 25.6 Å². The summed E-state index contributed by atoms with van der Waals surface area (Å²) in [6.07, 6.45) is 3.60. The number of rotatable bonds is 6. The molecule has 108 valence electrons. The number of carboxylic acid groups (broad SMARTS) is 1. The lowest BCUT2D eigenvalue weighted by Gasteiger charge is -2.11. The highest BCUT2D eigenvalue weighted by atomic mass is 32.2. The Kier molecular flexibility index (Phi) is 4.43. The van der Waals surface area contributed by atoms with Crippen molar-refractivity contribution < 1.29 is 9.90 Å². The second kappa shape index (κ2) is 6.08. The van der Waals surface area contributed by atoms with Gasteiger partial charge in [-0.25, -0.2) is 0 Å². The van der Waals surface area contributed by atoms with E-state index in [2.05, 4.69) is 29.1 Å². The summed E-state index contributed by atoms with van der Waals surface area (Å²) in [5.41, 5.74) is 0.878. The second-order valence-electron chi connectivity index (χ2n) is 4.90. The molecule has 2 aromatic heterocycles. The molecule has 0 radical (unpaired) electrons. The third kappa shape index (κ3) is 3.38. The number of hydrogen-bond donors (Lipinski definition) is 1. The minimum absolute atomic E-state index is 0.0245. The van der Waals surface area contributed by atoms with E-state index in [1.165, 1.54) is 11.8 Å². The summed E-state index contributed by atoms with van der Waals surface area (Å²) in [4.78, 5) is 10.7. The number of hydrogen-bond acceptors (Lipinski definition) is 5. The van der Waals surface area contributed by atoms with E-state index in [1.54, 1.807) is 10.9 Å². The first-order valence-corrected chi connectivity index (χ1v) is 7.22. The predicted octanol–water partition coefficient (Wildman–Crippen LogP) is 1.51. The van der Waals surface area contributed by atoms with Gasteiger partial charge in [-0.15, -0.1) is 10.2 Å². The van der Waals surface area contributed by atoms with Gasteiger partial charge in [0.2, 0.25) is 0 Å². The van der Waals surface area contributed by atoms with Crippen molar-refractivity contribution in [2.45, 2.75) is 25.5 Å². The molecule has 0 aromatic carbocycles. The van der Waals surface area contributed by atoms with E-state index in [0.717, 1.165) is 17.9 Å². The van der Waals surface area contributed by atoms with Crippen LogP contribution >= 0.6 is 11.8 Å². The van der Waals surface area contributed by atoms with Gasteiger partial charge in [0, 0.05) is 19.8 Å². The maximum Gasteiger partial charge on any atom is 0.313 e. The van der Waals surface area contributed by atoms with Crippen molar-refractivity contribution in [3.8, 4) is 11.4 Å². The van der Waals surface area contributed by atoms with Crippen LogP contribution in [0, 0.1) is 5.92 Å². The van der Waals surface area contributed by atoms with E-state index < -0.39 is 5.97 Å². The van der Waals surface area contributed by atoms with Crippen molar-refractivity contribution in [2.75, 3.05) is 5.75 Å². The zero-order valence-electron chi connectivity index (χ0n) is 11.6. The van der Waals surface area contributed by atoms with Gasteiger partial charge in [0.05, 0.1) is 17.5 Å². The molecule has 2 aromatic rings. The van der Waals surface area contributed by atoms with E-state index in [1.807, 2.05) is 17.8 Å². The first-order chi connectivity index (χ1) is 9.47. The highest BCUT2D eigenvalue weighted by molar-refractivity contribution is 7.99. The molecule has 0 spiro atoms. The summed E-state index contributed by atoms with van der Waals surface area (Å²) in [5.74, 6) is 0.241. The van der Waals surface area contributed by atoms with Gasteiger partial charge in [-0.2, -0.15) is 5.10 Å². The lowest BCUT2D eigenvalue weighted by molar-refractivity contribution is -0.133. The lowest BCUT2D eigenvalue weighted by atomic mass is 10.2. The highest BCUT2D eigenvalue weighted by Gasteiger charge is 2.17. The van der Waals surface area contributed by atoms with Crippen LogP contribution < -0.4 is 0 Å². The molecule has 0 bridgehead atoms. The van der Waals surface area contributed by atoms with Crippen molar-refractivity contribution in [3.63, 3.8) is 0 Å². The van der Waals surface area contributed by atoms with Crippen LogP contribution in [0.15, 0.2) is 17.6 Å². The summed E-state index contributed by atoms with van der Waals surface area (Å²) in [7, 11) is 1.84. The largest absolute Gasteiger partial charge is 0.481 e. The quantitative estimate of drug-likeness (QED) is 0.813. The summed E-state index contributed by atoms with van der Waals surface area (Å²) in [6.45, 7) is 4.93. The second-order valence-corrected chi connectivity index (χ2v) is 5.84. The lowest BCUT2D eigenvalue weighted by Crippen LogP contribution is -2.09. The third-order valence-electron chi connectivity index (χ3n) is 2.55. The molecular formula is C12H17N5O2S. The Bertz CT molecular complexity index is 605. The molecule has 0 aliphatic carbocycles. The molecule has 0 aliphatic heterocycles. The number of aryl methyl sites for hydroxylation is 1. The van der Waals surface area contributed by atoms with Gasteiger partial charge in [-0.3, -0.25) is 9.48 Å². The molecule has 7 nitrogen and oxygen atoms in total. The molecule has 2 rings (SSSR count). The van der Waals surface area contributed by atoms with Crippen LogP contribution in [0.1, 0.15) is 13.8 Å². The fraction of sp³-hybridized carbons (Fsp3) is 0.500. The summed E-state index contributed by atoms with van der Waals surface area (Å²) < 4.78 is 3.66. The van der Waals surface area contributed by atoms with Gasteiger partial charge in [-0.05, 0) is 5.92 Å². The van der Waals surface area contributed by atoms with Crippen LogP contribution in [0.2, 0.25) is 0 Å². The average Bonchev–Trinajstić information content (AvgIpc) is 2.93. The van der Waals surface area contributed by atoms with Crippen LogP contribution in [-0.4, -0.2) is 41.4 Å². The molecule has 8 heteroatoms. The minimum Gasteiger partial charge on any atom is -0.481 e. The Morgan fingerprint density at radius 1 is 1.45 bits per heavy atom. The topological polar surface area (TPSA) is 85.8 Å². The Balaban J connectivity index is 2.33. The van der Waals surface area contributed by atoms with Crippen molar-refractivity contribution >= 4 is 17.7 Å². The fourth-order valence-electron chi connectivity index (χ4n) is 1.80. The molecule has 20 heavy (non-hydrogen) atoms. The molecule has 2 heterocycles. The molecule has 0 saturated carbocycles. The van der Waals surface area contributed by atoms with Crippen molar-refractivity contribution in [2.24, 2.45) is 13.0 Å². The first-order valence-electron chi connectivity index (χ1n) is 6.24. The summed E-state index contributed by atoms with van der Waals surface area (Å²) >= 11 is 1.18. The Morgan fingerprint density at radius 2 is 2.20 bits per heavy atom. The predicted molar refractivity (Wildman–Crippen MR) is 75.4 cm³/mol. The number of nitrogens with zero attached hydrogens (tertiary/aromatic N) is 5. The Hall–Kier alpha value is -1.83. The van der Waals surface area contributed by atoms with Crippen LogP contribution in [0.3, 0.4) is 0 Å². The molecule has 1 N–H and O–H groups in total. The van der Waals surface area contributed by atoms with Crippen LogP contribution in [0.25, 0.3) is 11.4 Å². The average molecular weight is 295 g/mol. The molecule has 0 aliphatic rings. The van der Waals surface area contributed by atoms with Crippen molar-refractivity contribution in [1.82, 2.24) is 24.5 Å². The Morgan fingerprint density at radius 3 is 2.75 bits per heavy atom. The SMILES string of the molecule is CC(C)Cn1c(SCC(=O)O)nnc1-c1cnn(C)c1. The standard InChI is InChI=1S/C12H17N5O2S/c1-8(2)5-17-11(9-4-13-16(3)6-9)14-15-12(17)20-7-10(18)19/h4,6,8H,5,7H2,1-3H3,(H,18,19). The van der Waals surface area contributed by atoms with E-state index in [9.17, 15) is 4.79 Å². The summed E-state index contributed by atoms with van der Waals surface area (Å²) in [5, 5.41) is 21.8. The number of thioether (sulfide) groups is 1. The zero-order valence-corrected chi connectivity index (χ0v) is 12.5. The van der Waals surface area contributed by atoms with Gasteiger partial charge >= 0.3 is 5.97 Å². The fourth-order valence-corrected chi connectivity index (χ4v) is 2.47. The maximum absolute atomic E-state index is 10.7. The number of aliphatic carboxylic acids is 1. The molecule has 0 unspecified atom stereocenters. The third-order valence-corrected chi connectivity index (χ3v) is 3.50. The smallest absolute Gasteiger partial charge is 0.313 e. The summed E-state index contributed by atoms with van der Waals surface area (Å²) in [6, 6.07) is 0. The van der Waals surface area contributed by atoms with Crippen molar-refractivity contribution in [3.05, 3.63) is 12.4 Å². The number of carboxylic acids is 1. The monoisotopic (exact) mass is 295 g/mol. The van der Waals surface area contributed by atoms with E-state index in [-0.39, 0.29) is 5.75 Å². The highest BCUT2D eigenvalue weighted by Crippen LogP contribution is 2.24. The van der Waals surface area contributed by atoms with Crippen LogP contribution in [0.5, 0.6) is 0 Å². The molecule has 0 saturated heterocycles. The maximum atomic E-state index is 10.7. The Labute approximate surface area is 121 Å². The van der Waals surface area contributed by atoms with E-state index in [0.29, 0.717) is 11.1 Å².